The number of carbonyl (C=O) groups excluding carboxylic acids is 2. The first kappa shape index (κ1) is 17.7. The van der Waals surface area contributed by atoms with Gasteiger partial charge in [-0.25, -0.2) is 0 Å². The van der Waals surface area contributed by atoms with Crippen molar-refractivity contribution in [1.82, 2.24) is 9.80 Å². The van der Waals surface area contributed by atoms with Crippen LogP contribution in [0.4, 0.5) is 0 Å². The van der Waals surface area contributed by atoms with Crippen LogP contribution in [0.25, 0.3) is 0 Å². The smallest absolute Gasteiger partial charge is 0.277 e. The van der Waals surface area contributed by atoms with E-state index < -0.39 is 0 Å². The molecule has 2 aromatic heterocycles. The molecule has 0 bridgehead atoms. The molecular formula is C19H24N3O2S2+. The predicted molar refractivity (Wildman–Crippen MR) is 104 cm³/mol. The molecule has 4 heterocycles. The van der Waals surface area contributed by atoms with E-state index in [4.69, 9.17) is 0 Å². The molecule has 2 saturated heterocycles. The largest absolute Gasteiger partial charge is 0.334 e. The molecule has 26 heavy (non-hydrogen) atoms. The van der Waals surface area contributed by atoms with E-state index in [9.17, 15) is 9.59 Å². The highest BCUT2D eigenvalue weighted by Crippen LogP contribution is 2.23. The van der Waals surface area contributed by atoms with Crippen LogP contribution in [0.5, 0.6) is 0 Å². The van der Waals surface area contributed by atoms with E-state index in [1.807, 2.05) is 27.3 Å². The summed E-state index contributed by atoms with van der Waals surface area (Å²) in [7, 11) is 0. The number of nitrogens with one attached hydrogen (secondary N) is 1. The lowest BCUT2D eigenvalue weighted by atomic mass is 10.2. The van der Waals surface area contributed by atoms with Gasteiger partial charge in [0.15, 0.2) is 6.54 Å². The Hall–Kier alpha value is -1.70. The van der Waals surface area contributed by atoms with Crippen LogP contribution in [0.15, 0.2) is 35.0 Å². The maximum absolute atomic E-state index is 12.8. The lowest BCUT2D eigenvalue weighted by Crippen LogP contribution is -3.11. The highest BCUT2D eigenvalue weighted by atomic mass is 32.1. The summed E-state index contributed by atoms with van der Waals surface area (Å²) in [4.78, 5) is 32.6. The number of thiophene rings is 2. The summed E-state index contributed by atoms with van der Waals surface area (Å²) in [6.45, 7) is 4.20. The van der Waals surface area contributed by atoms with Crippen LogP contribution in [0.3, 0.4) is 0 Å². The van der Waals surface area contributed by atoms with E-state index >= 15 is 0 Å². The summed E-state index contributed by atoms with van der Waals surface area (Å²) in [5.74, 6) is 0.321. The molecule has 138 valence electrons. The Morgan fingerprint density at radius 3 is 2.46 bits per heavy atom. The van der Waals surface area contributed by atoms with Crippen molar-refractivity contribution in [3.05, 3.63) is 44.8 Å². The minimum Gasteiger partial charge on any atom is -0.334 e. The average molecular weight is 391 g/mol. The van der Waals surface area contributed by atoms with Gasteiger partial charge >= 0.3 is 0 Å². The van der Waals surface area contributed by atoms with Crippen LogP contribution in [0, 0.1) is 0 Å². The third-order valence-electron chi connectivity index (χ3n) is 5.40. The fourth-order valence-corrected chi connectivity index (χ4v) is 5.59. The van der Waals surface area contributed by atoms with Gasteiger partial charge in [0.2, 0.25) is 0 Å². The summed E-state index contributed by atoms with van der Waals surface area (Å²) in [6, 6.07) is 8.54. The number of carbonyl (C=O) groups is 2. The molecule has 0 aromatic carbocycles. The highest BCUT2D eigenvalue weighted by molar-refractivity contribution is 7.12. The number of hydrogen-bond donors (Lipinski definition) is 1. The van der Waals surface area contributed by atoms with Gasteiger partial charge in [-0.05, 0) is 22.9 Å². The first-order chi connectivity index (χ1) is 12.7. The van der Waals surface area contributed by atoms with Crippen molar-refractivity contribution in [2.75, 3.05) is 39.3 Å². The molecule has 2 aliphatic heterocycles. The van der Waals surface area contributed by atoms with E-state index in [0.717, 1.165) is 11.4 Å². The zero-order valence-corrected chi connectivity index (χ0v) is 16.4. The summed E-state index contributed by atoms with van der Waals surface area (Å²) in [5, 5.41) is 4.05. The van der Waals surface area contributed by atoms with Crippen molar-refractivity contribution < 1.29 is 14.5 Å². The molecule has 2 fully saturated rings. The number of quaternary nitrogens is 1. The van der Waals surface area contributed by atoms with E-state index in [0.29, 0.717) is 38.8 Å². The van der Waals surface area contributed by atoms with Gasteiger partial charge in [0.05, 0.1) is 16.3 Å². The Balaban J connectivity index is 1.30. The van der Waals surface area contributed by atoms with Gasteiger partial charge in [0, 0.05) is 39.0 Å². The SMILES string of the molecule is O=C(C[NH+]1CCC[C@@H]1c1cccs1)N1CCN(C(=O)c2cccs2)CC1. The van der Waals surface area contributed by atoms with Crippen molar-refractivity contribution in [1.29, 1.82) is 0 Å². The highest BCUT2D eigenvalue weighted by Gasteiger charge is 2.34. The van der Waals surface area contributed by atoms with Crippen molar-refractivity contribution >= 4 is 34.5 Å². The lowest BCUT2D eigenvalue weighted by Gasteiger charge is -2.35. The maximum atomic E-state index is 12.8. The molecule has 0 saturated carbocycles. The van der Waals surface area contributed by atoms with E-state index in [1.165, 1.54) is 34.0 Å². The normalized spacial score (nSPS) is 23.4. The van der Waals surface area contributed by atoms with Gasteiger partial charge in [0.25, 0.3) is 11.8 Å². The van der Waals surface area contributed by atoms with E-state index in [1.54, 1.807) is 11.3 Å². The van der Waals surface area contributed by atoms with Gasteiger partial charge in [-0.1, -0.05) is 12.1 Å². The second-order valence-electron chi connectivity index (χ2n) is 6.95. The summed E-state index contributed by atoms with van der Waals surface area (Å²) in [5.41, 5.74) is 0. The van der Waals surface area contributed by atoms with Crippen molar-refractivity contribution in [2.45, 2.75) is 18.9 Å². The van der Waals surface area contributed by atoms with Gasteiger partial charge in [0.1, 0.15) is 6.04 Å². The Labute approximate surface area is 161 Å². The molecule has 2 atom stereocenters. The van der Waals surface area contributed by atoms with E-state index in [-0.39, 0.29) is 11.8 Å². The van der Waals surface area contributed by atoms with Crippen LogP contribution in [-0.2, 0) is 4.79 Å². The van der Waals surface area contributed by atoms with Crippen LogP contribution >= 0.6 is 22.7 Å². The van der Waals surface area contributed by atoms with Crippen LogP contribution < -0.4 is 4.90 Å². The standard InChI is InChI=1S/C19H23N3O2S2/c23-18(14-22-7-1-4-15(22)16-5-2-12-25-16)20-8-10-21(11-9-20)19(24)17-6-3-13-26-17/h2-3,5-6,12-13,15H,1,4,7-11,14H2/p+1/t15-/m1/s1. The van der Waals surface area contributed by atoms with Crippen molar-refractivity contribution in [3.8, 4) is 0 Å². The number of rotatable bonds is 4. The Bertz CT molecular complexity index is 737. The van der Waals surface area contributed by atoms with Crippen molar-refractivity contribution in [2.24, 2.45) is 0 Å². The van der Waals surface area contributed by atoms with Crippen LogP contribution in [0.1, 0.15) is 33.4 Å². The van der Waals surface area contributed by atoms with Gasteiger partial charge in [-0.2, -0.15) is 0 Å². The molecule has 4 rings (SSSR count). The first-order valence-electron chi connectivity index (χ1n) is 9.21. The number of likely N-dealkylation sites (tertiary alicyclic amines) is 1. The van der Waals surface area contributed by atoms with Crippen LogP contribution in [0.2, 0.25) is 0 Å². The second-order valence-corrected chi connectivity index (χ2v) is 8.87. The molecule has 0 spiro atoms. The molecule has 0 radical (unpaired) electrons. The van der Waals surface area contributed by atoms with Gasteiger partial charge in [-0.3, -0.25) is 9.59 Å². The number of amides is 2. The summed E-state index contributed by atoms with van der Waals surface area (Å²) in [6.07, 6.45) is 2.36. The molecule has 2 aromatic rings. The molecular weight excluding hydrogens is 366 g/mol. The number of hydrogen-bond acceptors (Lipinski definition) is 4. The van der Waals surface area contributed by atoms with Crippen LogP contribution in [-0.4, -0.2) is 60.9 Å². The summed E-state index contributed by atoms with van der Waals surface area (Å²) < 4.78 is 0. The summed E-state index contributed by atoms with van der Waals surface area (Å²) >= 11 is 3.28. The number of nitrogens with zero attached hydrogens (tertiary/aromatic N) is 2. The topological polar surface area (TPSA) is 45.1 Å². The molecule has 7 heteroatoms. The van der Waals surface area contributed by atoms with Gasteiger partial charge < -0.3 is 14.7 Å². The zero-order valence-electron chi connectivity index (χ0n) is 14.7. The maximum Gasteiger partial charge on any atom is 0.277 e. The fourth-order valence-electron chi connectivity index (χ4n) is 3.98. The molecule has 1 N–H and O–H groups in total. The Morgan fingerprint density at radius 2 is 1.77 bits per heavy atom. The van der Waals surface area contributed by atoms with Gasteiger partial charge in [-0.15, -0.1) is 22.7 Å². The second kappa shape index (κ2) is 7.90. The fraction of sp³-hybridized carbons (Fsp3) is 0.474. The lowest BCUT2D eigenvalue weighted by molar-refractivity contribution is -0.910. The average Bonchev–Trinajstić information content (AvgIpc) is 3.42. The molecule has 5 nitrogen and oxygen atoms in total. The predicted octanol–water partition coefficient (Wildman–Crippen LogP) is 1.51. The van der Waals surface area contributed by atoms with E-state index in [2.05, 4.69) is 17.5 Å². The third-order valence-corrected chi connectivity index (χ3v) is 7.24. The minimum atomic E-state index is 0.0926. The number of piperazine rings is 1. The quantitative estimate of drug-likeness (QED) is 0.860. The zero-order chi connectivity index (χ0) is 17.9. The molecule has 2 amide bonds. The first-order valence-corrected chi connectivity index (χ1v) is 11.0. The molecule has 0 aliphatic carbocycles. The Kier molecular flexibility index (Phi) is 5.38. The minimum absolute atomic E-state index is 0.0926. The molecule has 2 aliphatic rings. The van der Waals surface area contributed by atoms with Crippen molar-refractivity contribution in [3.63, 3.8) is 0 Å². The monoisotopic (exact) mass is 390 g/mol. The molecule has 1 unspecified atom stereocenters. The third kappa shape index (κ3) is 3.70. The Morgan fingerprint density at radius 1 is 1.04 bits per heavy atom.